The molecule has 96 valence electrons. The van der Waals surface area contributed by atoms with Gasteiger partial charge in [-0.15, -0.1) is 0 Å². The zero-order valence-corrected chi connectivity index (χ0v) is 10.8. The van der Waals surface area contributed by atoms with Gasteiger partial charge in [-0.1, -0.05) is 18.5 Å². The van der Waals surface area contributed by atoms with Crippen LogP contribution in [0.25, 0.3) is 0 Å². The summed E-state index contributed by atoms with van der Waals surface area (Å²) in [6.45, 7) is 1.56. The summed E-state index contributed by atoms with van der Waals surface area (Å²) in [5.74, 6) is -1.24. The van der Waals surface area contributed by atoms with Gasteiger partial charge in [-0.25, -0.2) is 8.42 Å². The minimum Gasteiger partial charge on any atom is -0.480 e. The van der Waals surface area contributed by atoms with Gasteiger partial charge in [0.15, 0.2) is 5.03 Å². The molecule has 0 amide bonds. The number of aryl methyl sites for hydroxylation is 1. The summed E-state index contributed by atoms with van der Waals surface area (Å²) in [6, 6.07) is -1.19. The van der Waals surface area contributed by atoms with Gasteiger partial charge >= 0.3 is 5.97 Å². The number of rotatable bonds is 5. The average molecular weight is 282 g/mol. The number of hydrogen-bond acceptors (Lipinski definition) is 4. The molecule has 2 N–H and O–H groups in total. The number of aliphatic carboxylic acids is 1. The molecule has 7 nitrogen and oxygen atoms in total. The van der Waals surface area contributed by atoms with Crippen LogP contribution >= 0.6 is 11.6 Å². The highest BCUT2D eigenvalue weighted by Gasteiger charge is 2.28. The molecule has 1 unspecified atom stereocenters. The van der Waals surface area contributed by atoms with E-state index < -0.39 is 22.0 Å². The number of sulfonamides is 1. The Labute approximate surface area is 103 Å². The lowest BCUT2D eigenvalue weighted by Gasteiger charge is -2.12. The predicted molar refractivity (Wildman–Crippen MR) is 60.3 cm³/mol. The molecule has 1 aromatic rings. The Kier molecular flexibility index (Phi) is 4.12. The van der Waals surface area contributed by atoms with Gasteiger partial charge in [-0.3, -0.25) is 9.48 Å². The van der Waals surface area contributed by atoms with Gasteiger partial charge in [0.2, 0.25) is 0 Å². The van der Waals surface area contributed by atoms with Crippen molar-refractivity contribution in [2.24, 2.45) is 7.05 Å². The van der Waals surface area contributed by atoms with Crippen LogP contribution < -0.4 is 4.72 Å². The smallest absolute Gasteiger partial charge is 0.321 e. The Hall–Kier alpha value is -1.12. The van der Waals surface area contributed by atoms with Gasteiger partial charge in [0.1, 0.15) is 6.04 Å². The third-order valence-corrected chi connectivity index (χ3v) is 4.08. The average Bonchev–Trinajstić information content (AvgIpc) is 2.55. The minimum absolute atomic E-state index is 0.0553. The highest BCUT2D eigenvalue weighted by molar-refractivity contribution is 7.89. The fourth-order valence-corrected chi connectivity index (χ4v) is 3.18. The summed E-state index contributed by atoms with van der Waals surface area (Å²) in [5, 5.41) is 12.2. The maximum absolute atomic E-state index is 11.9. The predicted octanol–water partition coefficient (Wildman–Crippen LogP) is 0.215. The molecule has 0 saturated carbocycles. The highest BCUT2D eigenvalue weighted by atomic mass is 35.5. The highest BCUT2D eigenvalue weighted by Crippen LogP contribution is 2.19. The lowest BCUT2D eigenvalue weighted by atomic mass is 10.2. The molecule has 0 aliphatic heterocycles. The molecule has 9 heteroatoms. The Balaban J connectivity index is 3.09. The fraction of sp³-hybridized carbons (Fsp3) is 0.500. The number of nitrogens with one attached hydrogen (secondary N) is 1. The Morgan fingerprint density at radius 1 is 1.71 bits per heavy atom. The summed E-state index contributed by atoms with van der Waals surface area (Å²) < 4.78 is 26.9. The lowest BCUT2D eigenvalue weighted by molar-refractivity contribution is -0.139. The molecule has 1 atom stereocenters. The van der Waals surface area contributed by atoms with Crippen LogP contribution in [0.15, 0.2) is 11.2 Å². The standard InChI is InChI=1S/C8H12ClN3O4S/c1-3-6(8(13)14)11-17(15,16)7-5(9)4-10-12(7)2/h4,6,11H,3H2,1-2H3,(H,13,14). The van der Waals surface area contributed by atoms with Crippen LogP contribution in [0.3, 0.4) is 0 Å². The molecule has 0 aliphatic rings. The van der Waals surface area contributed by atoms with E-state index in [1.54, 1.807) is 6.92 Å². The summed E-state index contributed by atoms with van der Waals surface area (Å²) in [7, 11) is -2.59. The first-order valence-electron chi connectivity index (χ1n) is 4.72. The maximum atomic E-state index is 11.9. The van der Waals surface area contributed by atoms with E-state index in [9.17, 15) is 13.2 Å². The quantitative estimate of drug-likeness (QED) is 0.804. The molecule has 1 aromatic heterocycles. The van der Waals surface area contributed by atoms with Crippen LogP contribution in [0.1, 0.15) is 13.3 Å². The largest absolute Gasteiger partial charge is 0.480 e. The molecule has 1 rings (SSSR count). The van der Waals surface area contributed by atoms with E-state index in [1.165, 1.54) is 13.2 Å². The molecule has 0 aromatic carbocycles. The van der Waals surface area contributed by atoms with Crippen molar-refractivity contribution < 1.29 is 18.3 Å². The zero-order valence-electron chi connectivity index (χ0n) is 9.21. The number of aromatic nitrogens is 2. The number of carboxylic acids is 1. The van der Waals surface area contributed by atoms with E-state index >= 15 is 0 Å². The van der Waals surface area contributed by atoms with Crippen LogP contribution in [0, 0.1) is 0 Å². The molecule has 0 bridgehead atoms. The topological polar surface area (TPSA) is 101 Å². The van der Waals surface area contributed by atoms with Gasteiger partial charge in [-0.2, -0.15) is 9.82 Å². The zero-order chi connectivity index (χ0) is 13.2. The monoisotopic (exact) mass is 281 g/mol. The van der Waals surface area contributed by atoms with Gasteiger partial charge in [0.25, 0.3) is 10.0 Å². The Bertz CT molecular complexity index is 505. The van der Waals surface area contributed by atoms with Crippen molar-refractivity contribution in [2.75, 3.05) is 0 Å². The van der Waals surface area contributed by atoms with Crippen molar-refractivity contribution in [2.45, 2.75) is 24.4 Å². The summed E-state index contributed by atoms with van der Waals surface area (Å²) in [6.07, 6.45) is 1.31. The molecule has 17 heavy (non-hydrogen) atoms. The van der Waals surface area contributed by atoms with E-state index in [1.807, 2.05) is 0 Å². The molecular weight excluding hydrogens is 270 g/mol. The normalized spacial score (nSPS) is 13.6. The molecule has 1 heterocycles. The first-order chi connectivity index (χ1) is 7.79. The molecule has 0 spiro atoms. The third kappa shape index (κ3) is 2.96. The summed E-state index contributed by atoms with van der Waals surface area (Å²) >= 11 is 5.69. The molecule has 0 radical (unpaired) electrons. The number of nitrogens with zero attached hydrogens (tertiary/aromatic N) is 2. The van der Waals surface area contributed by atoms with Crippen molar-refractivity contribution in [3.8, 4) is 0 Å². The second-order valence-corrected chi connectivity index (χ2v) is 5.38. The summed E-state index contributed by atoms with van der Waals surface area (Å²) in [4.78, 5) is 10.8. The van der Waals surface area contributed by atoms with Crippen LogP contribution in [-0.4, -0.2) is 35.3 Å². The van der Waals surface area contributed by atoms with Crippen molar-refractivity contribution in [3.63, 3.8) is 0 Å². The molecule has 0 fully saturated rings. The third-order valence-electron chi connectivity index (χ3n) is 2.10. The van der Waals surface area contributed by atoms with Crippen LogP contribution in [0.5, 0.6) is 0 Å². The summed E-state index contributed by atoms with van der Waals surface area (Å²) in [5.41, 5.74) is 0. The van der Waals surface area contributed by atoms with Gasteiger partial charge in [0.05, 0.1) is 11.2 Å². The molecular formula is C8H12ClN3O4S. The van der Waals surface area contributed by atoms with Crippen LogP contribution in [-0.2, 0) is 21.9 Å². The number of carboxylic acid groups (broad SMARTS) is 1. The first-order valence-corrected chi connectivity index (χ1v) is 6.58. The van der Waals surface area contributed by atoms with Crippen LogP contribution in [0.2, 0.25) is 5.02 Å². The van der Waals surface area contributed by atoms with Crippen molar-refractivity contribution in [1.29, 1.82) is 0 Å². The Morgan fingerprint density at radius 3 is 2.65 bits per heavy atom. The lowest BCUT2D eigenvalue weighted by Crippen LogP contribution is -2.40. The second kappa shape index (κ2) is 5.03. The van der Waals surface area contributed by atoms with E-state index in [0.717, 1.165) is 4.68 Å². The second-order valence-electron chi connectivity index (χ2n) is 3.34. The van der Waals surface area contributed by atoms with E-state index in [0.29, 0.717) is 0 Å². The van der Waals surface area contributed by atoms with Gasteiger partial charge in [-0.05, 0) is 6.42 Å². The SMILES string of the molecule is CCC(NS(=O)(=O)c1c(Cl)cnn1C)C(=O)O. The van der Waals surface area contributed by atoms with Crippen LogP contribution in [0.4, 0.5) is 0 Å². The fourth-order valence-electron chi connectivity index (χ4n) is 1.25. The first kappa shape index (κ1) is 13.9. The van der Waals surface area contributed by atoms with Crippen molar-refractivity contribution >= 4 is 27.6 Å². The van der Waals surface area contributed by atoms with Crippen molar-refractivity contribution in [1.82, 2.24) is 14.5 Å². The minimum atomic E-state index is -4.00. The van der Waals surface area contributed by atoms with Gasteiger partial charge in [0, 0.05) is 7.05 Å². The number of carbonyl (C=O) groups is 1. The van der Waals surface area contributed by atoms with Crippen molar-refractivity contribution in [3.05, 3.63) is 11.2 Å². The van der Waals surface area contributed by atoms with E-state index in [-0.39, 0.29) is 16.5 Å². The maximum Gasteiger partial charge on any atom is 0.321 e. The number of halogens is 1. The van der Waals surface area contributed by atoms with E-state index in [4.69, 9.17) is 16.7 Å². The number of hydrogen-bond donors (Lipinski definition) is 2. The van der Waals surface area contributed by atoms with E-state index in [2.05, 4.69) is 9.82 Å². The van der Waals surface area contributed by atoms with Gasteiger partial charge < -0.3 is 5.11 Å². The molecule has 0 aliphatic carbocycles. The Morgan fingerprint density at radius 2 is 2.29 bits per heavy atom. The molecule has 0 saturated heterocycles.